The lowest BCUT2D eigenvalue weighted by molar-refractivity contribution is 0.0955. The molecule has 1 atom stereocenters. The molecule has 10 heteroatoms. The lowest BCUT2D eigenvalue weighted by Crippen LogP contribution is -2.33. The van der Waals surface area contributed by atoms with Crippen LogP contribution in [-0.4, -0.2) is 60.9 Å². The summed E-state index contributed by atoms with van der Waals surface area (Å²) in [6.45, 7) is 4.10. The summed E-state index contributed by atoms with van der Waals surface area (Å²) in [5.74, 6) is -0.00458. The number of amides is 2. The van der Waals surface area contributed by atoms with E-state index < -0.39 is 12.0 Å². The summed E-state index contributed by atoms with van der Waals surface area (Å²) < 4.78 is 11.0. The van der Waals surface area contributed by atoms with Gasteiger partial charge in [0.25, 0.3) is 11.1 Å². The molecule has 0 bridgehead atoms. The minimum absolute atomic E-state index is 0.0635. The van der Waals surface area contributed by atoms with Crippen molar-refractivity contribution in [1.29, 1.82) is 0 Å². The van der Waals surface area contributed by atoms with Crippen molar-refractivity contribution in [1.82, 2.24) is 15.6 Å². The molecule has 1 aromatic carbocycles. The third-order valence-corrected chi connectivity index (χ3v) is 5.40. The monoisotopic (exact) mass is 464 g/mol. The lowest BCUT2D eigenvalue weighted by Gasteiger charge is -2.12. The van der Waals surface area contributed by atoms with Gasteiger partial charge < -0.3 is 30.9 Å². The van der Waals surface area contributed by atoms with Crippen LogP contribution in [-0.2, 0) is 0 Å². The second kappa shape index (κ2) is 14.4. The Kier molecular flexibility index (Phi) is 11.5. The van der Waals surface area contributed by atoms with Crippen molar-refractivity contribution in [2.75, 3.05) is 32.8 Å². The number of carbonyl (C=O) groups is 2. The summed E-state index contributed by atoms with van der Waals surface area (Å²) in [5.41, 5.74) is 5.62. The van der Waals surface area contributed by atoms with Gasteiger partial charge in [0.05, 0.1) is 6.20 Å². The molecular formula is C22H32N4O5S. The van der Waals surface area contributed by atoms with Gasteiger partial charge in [0.1, 0.15) is 29.9 Å². The largest absolute Gasteiger partial charge is 0.492 e. The van der Waals surface area contributed by atoms with Gasteiger partial charge in [-0.2, -0.15) is 0 Å². The van der Waals surface area contributed by atoms with Crippen molar-refractivity contribution in [3.63, 3.8) is 0 Å². The van der Waals surface area contributed by atoms with E-state index in [0.29, 0.717) is 47.6 Å². The summed E-state index contributed by atoms with van der Waals surface area (Å²) >= 11 is 1.16. The second-order valence-corrected chi connectivity index (χ2v) is 8.21. The highest BCUT2D eigenvalue weighted by atomic mass is 32.1. The number of aliphatic hydroxyl groups excluding tert-OH is 1. The molecule has 1 aromatic heterocycles. The fourth-order valence-electron chi connectivity index (χ4n) is 2.72. The fourth-order valence-corrected chi connectivity index (χ4v) is 3.41. The molecule has 0 saturated carbocycles. The summed E-state index contributed by atoms with van der Waals surface area (Å²) in [6.07, 6.45) is 5.16. The Labute approximate surface area is 192 Å². The number of primary amides is 1. The Bertz CT molecular complexity index is 828. The minimum Gasteiger partial charge on any atom is -0.492 e. The second-order valence-electron chi connectivity index (χ2n) is 7.21. The van der Waals surface area contributed by atoms with Gasteiger partial charge in [-0.05, 0) is 30.7 Å². The van der Waals surface area contributed by atoms with E-state index in [-0.39, 0.29) is 12.5 Å². The van der Waals surface area contributed by atoms with Crippen molar-refractivity contribution in [3.8, 4) is 10.9 Å². The third kappa shape index (κ3) is 9.63. The zero-order valence-electron chi connectivity index (χ0n) is 18.3. The first-order valence-electron chi connectivity index (χ1n) is 10.8. The Morgan fingerprint density at radius 1 is 1.16 bits per heavy atom. The number of ether oxygens (including phenoxy) is 2. The molecule has 1 unspecified atom stereocenters. The number of benzene rings is 1. The molecule has 176 valence electrons. The van der Waals surface area contributed by atoms with E-state index in [1.54, 1.807) is 24.3 Å². The molecule has 5 N–H and O–H groups in total. The molecule has 0 spiro atoms. The van der Waals surface area contributed by atoms with Crippen LogP contribution in [0.4, 0.5) is 0 Å². The van der Waals surface area contributed by atoms with Gasteiger partial charge in [-0.25, -0.2) is 4.98 Å². The van der Waals surface area contributed by atoms with Crippen LogP contribution >= 0.6 is 11.3 Å². The standard InChI is InChI=1S/C22H32N4O5S/c1-2-3-4-5-10-25-21(29)19-14-26-22(32-19)31-15-17(27)13-24-11-12-30-18-8-6-16(7-9-18)20(23)28/h6-9,14,17,24,27H,2-5,10-13,15H2,1H3,(H2,23,28)(H,25,29). The van der Waals surface area contributed by atoms with Crippen LogP contribution in [0.25, 0.3) is 0 Å². The van der Waals surface area contributed by atoms with Gasteiger partial charge in [-0.1, -0.05) is 37.5 Å². The highest BCUT2D eigenvalue weighted by Gasteiger charge is 2.12. The van der Waals surface area contributed by atoms with Crippen LogP contribution in [0.3, 0.4) is 0 Å². The van der Waals surface area contributed by atoms with Gasteiger partial charge in [-0.15, -0.1) is 0 Å². The number of hydrogen-bond acceptors (Lipinski definition) is 8. The van der Waals surface area contributed by atoms with Gasteiger partial charge in [0.2, 0.25) is 5.91 Å². The van der Waals surface area contributed by atoms with Crippen LogP contribution in [0, 0.1) is 0 Å². The molecule has 0 aliphatic rings. The quantitative estimate of drug-likeness (QED) is 0.279. The Hall–Kier alpha value is -2.69. The molecule has 0 aliphatic carbocycles. The van der Waals surface area contributed by atoms with Crippen molar-refractivity contribution in [2.24, 2.45) is 5.73 Å². The zero-order chi connectivity index (χ0) is 23.2. The number of carbonyl (C=O) groups excluding carboxylic acids is 2. The van der Waals surface area contributed by atoms with Crippen LogP contribution in [0.15, 0.2) is 30.5 Å². The van der Waals surface area contributed by atoms with E-state index in [9.17, 15) is 14.7 Å². The maximum atomic E-state index is 12.1. The van der Waals surface area contributed by atoms with Crippen molar-refractivity contribution in [2.45, 2.75) is 38.7 Å². The summed E-state index contributed by atoms with van der Waals surface area (Å²) in [7, 11) is 0. The highest BCUT2D eigenvalue weighted by Crippen LogP contribution is 2.20. The molecule has 2 amide bonds. The van der Waals surface area contributed by atoms with Crippen molar-refractivity contribution < 1.29 is 24.2 Å². The molecule has 0 aliphatic heterocycles. The number of hydrogen-bond donors (Lipinski definition) is 4. The first-order valence-corrected chi connectivity index (χ1v) is 11.6. The van der Waals surface area contributed by atoms with Crippen LogP contribution in [0.2, 0.25) is 0 Å². The van der Waals surface area contributed by atoms with Gasteiger partial charge in [-0.3, -0.25) is 9.59 Å². The molecular weight excluding hydrogens is 432 g/mol. The van der Waals surface area contributed by atoms with Gasteiger partial charge in [0, 0.05) is 25.2 Å². The molecule has 0 radical (unpaired) electrons. The molecule has 1 heterocycles. The highest BCUT2D eigenvalue weighted by molar-refractivity contribution is 7.15. The van der Waals surface area contributed by atoms with E-state index in [2.05, 4.69) is 22.5 Å². The number of unbranched alkanes of at least 4 members (excludes halogenated alkanes) is 3. The van der Waals surface area contributed by atoms with E-state index in [4.69, 9.17) is 15.2 Å². The number of aromatic nitrogens is 1. The normalized spacial score (nSPS) is 11.7. The molecule has 9 nitrogen and oxygen atoms in total. The Morgan fingerprint density at radius 2 is 1.94 bits per heavy atom. The maximum Gasteiger partial charge on any atom is 0.273 e. The van der Waals surface area contributed by atoms with Gasteiger partial charge in [0.15, 0.2) is 0 Å². The van der Waals surface area contributed by atoms with Crippen LogP contribution in [0.1, 0.15) is 52.6 Å². The number of nitrogens with one attached hydrogen (secondary N) is 2. The average molecular weight is 465 g/mol. The van der Waals surface area contributed by atoms with E-state index in [1.165, 1.54) is 12.6 Å². The number of nitrogens with zero attached hydrogens (tertiary/aromatic N) is 1. The maximum absolute atomic E-state index is 12.1. The summed E-state index contributed by atoms with van der Waals surface area (Å²) in [5, 5.41) is 16.3. The van der Waals surface area contributed by atoms with Crippen LogP contribution < -0.4 is 25.8 Å². The van der Waals surface area contributed by atoms with Gasteiger partial charge >= 0.3 is 0 Å². The minimum atomic E-state index is -0.732. The van der Waals surface area contributed by atoms with E-state index in [0.717, 1.165) is 30.6 Å². The molecule has 32 heavy (non-hydrogen) atoms. The van der Waals surface area contributed by atoms with E-state index in [1.807, 2.05) is 0 Å². The molecule has 2 rings (SSSR count). The molecule has 2 aromatic rings. The van der Waals surface area contributed by atoms with Crippen molar-refractivity contribution in [3.05, 3.63) is 40.9 Å². The number of thiazole rings is 1. The first kappa shape index (κ1) is 25.6. The number of nitrogens with two attached hydrogens (primary N) is 1. The summed E-state index contributed by atoms with van der Waals surface area (Å²) in [6, 6.07) is 6.57. The number of aliphatic hydroxyl groups is 1. The smallest absolute Gasteiger partial charge is 0.273 e. The van der Waals surface area contributed by atoms with Crippen molar-refractivity contribution >= 4 is 23.2 Å². The third-order valence-electron chi connectivity index (χ3n) is 4.49. The SMILES string of the molecule is CCCCCCNC(=O)c1cnc(OCC(O)CNCCOc2ccc(C(N)=O)cc2)s1. The predicted molar refractivity (Wildman–Crippen MR) is 123 cm³/mol. The Balaban J connectivity index is 1.56. The lowest BCUT2D eigenvalue weighted by atomic mass is 10.2. The fraction of sp³-hybridized carbons (Fsp3) is 0.500. The zero-order valence-corrected chi connectivity index (χ0v) is 19.2. The Morgan fingerprint density at radius 3 is 2.66 bits per heavy atom. The summed E-state index contributed by atoms with van der Waals surface area (Å²) in [4.78, 5) is 27.7. The van der Waals surface area contributed by atoms with Crippen LogP contribution in [0.5, 0.6) is 10.9 Å². The number of rotatable bonds is 16. The molecule has 0 fully saturated rings. The topological polar surface area (TPSA) is 136 Å². The molecule has 0 saturated heterocycles. The first-order chi connectivity index (χ1) is 15.5. The average Bonchev–Trinajstić information content (AvgIpc) is 3.27. The van der Waals surface area contributed by atoms with E-state index >= 15 is 0 Å². The predicted octanol–water partition coefficient (Wildman–Crippen LogP) is 1.96.